The SMILES string of the molecule is NCC1COC2(CCN(c3cc4c(cc3F)c(=O)c(C(=O)O)cn4-c3ccc(F)cc3F)C2)O1. The molecule has 2 aliphatic heterocycles. The highest BCUT2D eigenvalue weighted by Gasteiger charge is 2.47. The Labute approximate surface area is 190 Å². The van der Waals surface area contributed by atoms with Gasteiger partial charge in [-0.2, -0.15) is 0 Å². The van der Waals surface area contributed by atoms with Crippen LogP contribution in [0.4, 0.5) is 18.9 Å². The van der Waals surface area contributed by atoms with Crippen LogP contribution < -0.4 is 16.1 Å². The van der Waals surface area contributed by atoms with Crippen molar-refractivity contribution >= 4 is 22.6 Å². The number of anilines is 1. The van der Waals surface area contributed by atoms with Crippen LogP contribution >= 0.6 is 0 Å². The van der Waals surface area contributed by atoms with Gasteiger partial charge in [-0.05, 0) is 24.3 Å². The first-order valence-corrected chi connectivity index (χ1v) is 10.6. The number of halogens is 3. The van der Waals surface area contributed by atoms with Gasteiger partial charge in [0.15, 0.2) is 5.79 Å². The van der Waals surface area contributed by atoms with E-state index >= 15 is 4.39 Å². The molecule has 2 aromatic carbocycles. The van der Waals surface area contributed by atoms with Crippen molar-refractivity contribution in [2.45, 2.75) is 18.3 Å². The molecule has 2 aliphatic rings. The Bertz CT molecular complexity index is 1380. The van der Waals surface area contributed by atoms with Gasteiger partial charge in [0.2, 0.25) is 5.43 Å². The molecule has 11 heteroatoms. The number of pyridine rings is 1. The van der Waals surface area contributed by atoms with Crippen molar-refractivity contribution in [3.05, 3.63) is 69.8 Å². The van der Waals surface area contributed by atoms with Crippen molar-refractivity contribution in [1.29, 1.82) is 0 Å². The molecule has 2 saturated heterocycles. The minimum Gasteiger partial charge on any atom is -0.477 e. The summed E-state index contributed by atoms with van der Waals surface area (Å²) >= 11 is 0. The number of carbonyl (C=O) groups is 1. The molecule has 0 bridgehead atoms. The zero-order chi connectivity index (χ0) is 24.2. The summed E-state index contributed by atoms with van der Waals surface area (Å²) in [6, 6.07) is 5.02. The molecule has 5 rings (SSSR count). The summed E-state index contributed by atoms with van der Waals surface area (Å²) in [6.07, 6.45) is 1.14. The summed E-state index contributed by atoms with van der Waals surface area (Å²) in [5, 5.41) is 9.21. The number of hydrogen-bond donors (Lipinski definition) is 2. The van der Waals surface area contributed by atoms with Gasteiger partial charge in [-0.15, -0.1) is 0 Å². The molecule has 34 heavy (non-hydrogen) atoms. The average Bonchev–Trinajstić information content (AvgIpc) is 3.40. The highest BCUT2D eigenvalue weighted by molar-refractivity contribution is 5.94. The van der Waals surface area contributed by atoms with E-state index in [1.807, 2.05) is 0 Å². The van der Waals surface area contributed by atoms with Crippen molar-refractivity contribution < 1.29 is 32.5 Å². The second-order valence-electron chi connectivity index (χ2n) is 8.33. The smallest absolute Gasteiger partial charge is 0.341 e. The molecule has 1 spiro atoms. The van der Waals surface area contributed by atoms with Gasteiger partial charge in [0.1, 0.15) is 23.0 Å². The predicted octanol–water partition coefficient (Wildman–Crippen LogP) is 2.39. The molecule has 0 saturated carbocycles. The molecule has 0 radical (unpaired) electrons. The highest BCUT2D eigenvalue weighted by Crippen LogP contribution is 2.37. The summed E-state index contributed by atoms with van der Waals surface area (Å²) in [6.45, 7) is 1.19. The normalized spacial score (nSPS) is 22.2. The maximum atomic E-state index is 15.2. The molecule has 8 nitrogen and oxygen atoms in total. The quantitative estimate of drug-likeness (QED) is 0.597. The number of aromatic carboxylic acids is 1. The van der Waals surface area contributed by atoms with Crippen LogP contribution in [-0.4, -0.2) is 53.8 Å². The topological polar surface area (TPSA) is 107 Å². The zero-order valence-electron chi connectivity index (χ0n) is 17.8. The fourth-order valence-electron chi connectivity index (χ4n) is 4.51. The number of ether oxygens (including phenoxy) is 2. The number of carboxylic acids is 1. The lowest BCUT2D eigenvalue weighted by Crippen LogP contribution is -2.36. The van der Waals surface area contributed by atoms with Crippen molar-refractivity contribution in [3.63, 3.8) is 0 Å². The molecular formula is C23H20F3N3O5. The molecule has 1 aromatic heterocycles. The summed E-state index contributed by atoms with van der Waals surface area (Å²) in [4.78, 5) is 26.1. The molecule has 2 atom stereocenters. The van der Waals surface area contributed by atoms with E-state index in [2.05, 4.69) is 0 Å². The van der Waals surface area contributed by atoms with Crippen LogP contribution in [0.3, 0.4) is 0 Å². The summed E-state index contributed by atoms with van der Waals surface area (Å²) in [7, 11) is 0. The molecular weight excluding hydrogens is 455 g/mol. The summed E-state index contributed by atoms with van der Waals surface area (Å²) in [5.41, 5.74) is 4.02. The number of nitrogens with zero attached hydrogens (tertiary/aromatic N) is 2. The van der Waals surface area contributed by atoms with Gasteiger partial charge in [0, 0.05) is 37.2 Å². The lowest BCUT2D eigenvalue weighted by Gasteiger charge is -2.25. The van der Waals surface area contributed by atoms with Gasteiger partial charge in [-0.1, -0.05) is 0 Å². The number of benzene rings is 2. The molecule has 0 amide bonds. The van der Waals surface area contributed by atoms with E-state index in [0.29, 0.717) is 25.6 Å². The predicted molar refractivity (Wildman–Crippen MR) is 116 cm³/mol. The maximum Gasteiger partial charge on any atom is 0.341 e. The second kappa shape index (κ2) is 8.12. The van der Waals surface area contributed by atoms with Crippen LogP contribution in [-0.2, 0) is 9.47 Å². The van der Waals surface area contributed by atoms with E-state index in [1.165, 1.54) is 6.07 Å². The third kappa shape index (κ3) is 3.61. The van der Waals surface area contributed by atoms with Gasteiger partial charge in [0.05, 0.1) is 36.1 Å². The van der Waals surface area contributed by atoms with Crippen LogP contribution in [0.25, 0.3) is 16.6 Å². The number of carboxylic acid groups (broad SMARTS) is 1. The molecule has 3 heterocycles. The van der Waals surface area contributed by atoms with Crippen molar-refractivity contribution in [3.8, 4) is 5.69 Å². The lowest BCUT2D eigenvalue weighted by atomic mass is 10.1. The first-order valence-electron chi connectivity index (χ1n) is 10.6. The molecule has 3 aromatic rings. The minimum absolute atomic E-state index is 0.0611. The molecule has 178 valence electrons. The van der Waals surface area contributed by atoms with Gasteiger partial charge in [-0.3, -0.25) is 4.79 Å². The molecule has 3 N–H and O–H groups in total. The lowest BCUT2D eigenvalue weighted by molar-refractivity contribution is -0.148. The standard InChI is InChI=1S/C23H20F3N3O5/c24-12-1-2-18(16(25)5-12)29-9-15(22(31)32)21(30)14-6-17(26)20(7-19(14)29)28-4-3-23(11-28)33-10-13(8-27)34-23/h1-2,5-7,9,13H,3-4,8,10-11,27H2,(H,31,32). The van der Waals surface area contributed by atoms with Crippen LogP contribution in [0.2, 0.25) is 0 Å². The Kier molecular flexibility index (Phi) is 5.34. The van der Waals surface area contributed by atoms with Crippen molar-refractivity contribution in [2.75, 3.05) is 31.1 Å². The van der Waals surface area contributed by atoms with E-state index in [-0.39, 0.29) is 41.5 Å². The largest absolute Gasteiger partial charge is 0.477 e. The fourth-order valence-corrected chi connectivity index (χ4v) is 4.51. The Morgan fingerprint density at radius 2 is 1.94 bits per heavy atom. The highest BCUT2D eigenvalue weighted by atomic mass is 19.1. The Hall–Kier alpha value is -3.41. The molecule has 2 fully saturated rings. The van der Waals surface area contributed by atoms with Crippen LogP contribution in [0.15, 0.2) is 41.3 Å². The van der Waals surface area contributed by atoms with Gasteiger partial charge in [0.25, 0.3) is 0 Å². The fraction of sp³-hybridized carbons (Fsp3) is 0.304. The third-order valence-corrected chi connectivity index (χ3v) is 6.18. The first-order chi connectivity index (χ1) is 16.2. The maximum absolute atomic E-state index is 15.2. The minimum atomic E-state index is -1.56. The van der Waals surface area contributed by atoms with E-state index in [0.717, 1.165) is 29.0 Å². The van der Waals surface area contributed by atoms with Crippen molar-refractivity contribution in [1.82, 2.24) is 4.57 Å². The number of aromatic nitrogens is 1. The molecule has 0 aliphatic carbocycles. The average molecular weight is 475 g/mol. The van der Waals surface area contributed by atoms with E-state index in [9.17, 15) is 23.5 Å². The van der Waals surface area contributed by atoms with Gasteiger partial charge >= 0.3 is 5.97 Å². The van der Waals surface area contributed by atoms with Crippen molar-refractivity contribution in [2.24, 2.45) is 5.73 Å². The number of nitrogens with two attached hydrogens (primary N) is 1. The molecule has 2 unspecified atom stereocenters. The Balaban J connectivity index is 1.66. The number of rotatable bonds is 4. The number of hydrogen-bond acceptors (Lipinski definition) is 6. The van der Waals surface area contributed by atoms with Gasteiger partial charge in [-0.25, -0.2) is 18.0 Å². The van der Waals surface area contributed by atoms with Crippen LogP contribution in [0.5, 0.6) is 0 Å². The monoisotopic (exact) mass is 475 g/mol. The second-order valence-corrected chi connectivity index (χ2v) is 8.33. The third-order valence-electron chi connectivity index (χ3n) is 6.18. The summed E-state index contributed by atoms with van der Waals surface area (Å²) in [5.74, 6) is -5.05. The van der Waals surface area contributed by atoms with E-state index in [4.69, 9.17) is 15.2 Å². The first kappa shape index (κ1) is 22.4. The summed E-state index contributed by atoms with van der Waals surface area (Å²) < 4.78 is 56.1. The zero-order valence-corrected chi connectivity index (χ0v) is 17.8. The van der Waals surface area contributed by atoms with E-state index in [1.54, 1.807) is 4.90 Å². The Morgan fingerprint density at radius 3 is 2.62 bits per heavy atom. The Morgan fingerprint density at radius 1 is 1.18 bits per heavy atom. The van der Waals surface area contributed by atoms with Crippen LogP contribution in [0.1, 0.15) is 16.8 Å². The van der Waals surface area contributed by atoms with Gasteiger partial charge < -0.3 is 29.8 Å². The van der Waals surface area contributed by atoms with Crippen LogP contribution in [0, 0.1) is 17.5 Å². The number of fused-ring (bicyclic) bond motifs is 1. The van der Waals surface area contributed by atoms with E-state index < -0.39 is 40.2 Å².